The van der Waals surface area contributed by atoms with Gasteiger partial charge >= 0.3 is 0 Å². The smallest absolute Gasteiger partial charge is 0.261 e. The number of hydrogen-bond acceptors (Lipinski definition) is 6. The Labute approximate surface area is 168 Å². The van der Waals surface area contributed by atoms with Crippen molar-refractivity contribution in [2.24, 2.45) is 0 Å². The molecular formula is C18H25ClN4O3S. The zero-order valence-electron chi connectivity index (χ0n) is 15.3. The molecule has 2 aromatic heterocycles. The maximum atomic E-state index is 12.6. The predicted molar refractivity (Wildman–Crippen MR) is 105 cm³/mol. The Kier molecular flexibility index (Phi) is 6.54. The summed E-state index contributed by atoms with van der Waals surface area (Å²) in [5, 5.41) is 13.4. The van der Waals surface area contributed by atoms with E-state index in [0.29, 0.717) is 13.2 Å². The van der Waals surface area contributed by atoms with Crippen LogP contribution in [0.15, 0.2) is 12.1 Å². The molecule has 1 amide bonds. The molecule has 0 unspecified atom stereocenters. The summed E-state index contributed by atoms with van der Waals surface area (Å²) in [6, 6.07) is 3.95. The highest BCUT2D eigenvalue weighted by molar-refractivity contribution is 7.14. The van der Waals surface area contributed by atoms with Crippen molar-refractivity contribution in [2.75, 3.05) is 26.8 Å². The largest absolute Gasteiger partial charge is 0.378 e. The first-order chi connectivity index (χ1) is 12.7. The quantitative estimate of drug-likeness (QED) is 0.700. The van der Waals surface area contributed by atoms with Crippen LogP contribution in [0.4, 0.5) is 0 Å². The monoisotopic (exact) mass is 412 g/mol. The lowest BCUT2D eigenvalue weighted by atomic mass is 9.83. The van der Waals surface area contributed by atoms with Crippen LogP contribution < -0.4 is 10.6 Å². The molecule has 2 aromatic rings. The summed E-state index contributed by atoms with van der Waals surface area (Å²) >= 11 is 1.60. The average molecular weight is 413 g/mol. The summed E-state index contributed by atoms with van der Waals surface area (Å²) in [4.78, 5) is 14.7. The van der Waals surface area contributed by atoms with Crippen molar-refractivity contribution in [2.45, 2.75) is 38.0 Å². The van der Waals surface area contributed by atoms with Gasteiger partial charge in [-0.05, 0) is 43.6 Å². The minimum absolute atomic E-state index is 0. The molecule has 0 aromatic carbocycles. The van der Waals surface area contributed by atoms with Crippen LogP contribution in [-0.2, 0) is 34.6 Å². The van der Waals surface area contributed by atoms with Crippen LogP contribution in [0.3, 0.4) is 0 Å². The Bertz CT molecular complexity index is 785. The van der Waals surface area contributed by atoms with Gasteiger partial charge in [0.1, 0.15) is 0 Å². The van der Waals surface area contributed by atoms with E-state index >= 15 is 0 Å². The minimum Gasteiger partial charge on any atom is -0.378 e. The topological polar surface area (TPSA) is 88.3 Å². The van der Waals surface area contributed by atoms with Crippen molar-refractivity contribution in [3.05, 3.63) is 38.8 Å². The summed E-state index contributed by atoms with van der Waals surface area (Å²) in [5.41, 5.74) is 2.72. The number of carbonyl (C=O) groups excluding carboxylic acids is 1. The third kappa shape index (κ3) is 4.20. The molecule has 2 aliphatic heterocycles. The number of halogens is 1. The van der Waals surface area contributed by atoms with Gasteiger partial charge in [0, 0.05) is 18.4 Å². The van der Waals surface area contributed by atoms with E-state index in [2.05, 4.69) is 20.8 Å². The Morgan fingerprint density at radius 1 is 1.41 bits per heavy atom. The molecule has 1 saturated heterocycles. The first-order valence-electron chi connectivity index (χ1n) is 8.98. The molecule has 2 aliphatic rings. The van der Waals surface area contributed by atoms with E-state index in [9.17, 15) is 4.79 Å². The van der Waals surface area contributed by atoms with Gasteiger partial charge in [-0.2, -0.15) is 5.10 Å². The number of rotatable bonds is 5. The van der Waals surface area contributed by atoms with Crippen molar-refractivity contribution in [1.29, 1.82) is 0 Å². The number of fused-ring (bicyclic) bond motifs is 2. The molecule has 0 bridgehead atoms. The standard InChI is InChI=1S/C18H24N4O3S.ClH/c1-24-11-13-8-12(21-22-13)10-20-17(23)16-9-14-15(26-16)2-7-25-18(14)3-5-19-6-4-18;/h8-9,19H,2-7,10-11H2,1H3,(H,20,23)(H,21,22);1H. The highest BCUT2D eigenvalue weighted by Gasteiger charge is 2.40. The zero-order chi connectivity index (χ0) is 18.0. The fraction of sp³-hybridized carbons (Fsp3) is 0.556. The van der Waals surface area contributed by atoms with Crippen LogP contribution in [0, 0.1) is 0 Å². The lowest BCUT2D eigenvalue weighted by Gasteiger charge is -2.40. The van der Waals surface area contributed by atoms with Gasteiger partial charge in [-0.3, -0.25) is 9.89 Å². The van der Waals surface area contributed by atoms with E-state index in [0.717, 1.165) is 55.2 Å². The lowest BCUT2D eigenvalue weighted by Crippen LogP contribution is -2.44. The third-order valence-electron chi connectivity index (χ3n) is 5.06. The molecule has 1 spiro atoms. The maximum absolute atomic E-state index is 12.6. The molecule has 9 heteroatoms. The fourth-order valence-corrected chi connectivity index (χ4v) is 4.90. The number of aromatic nitrogens is 2. The average Bonchev–Trinajstić information content (AvgIpc) is 3.29. The molecule has 0 aliphatic carbocycles. The Hall–Kier alpha value is -1.45. The van der Waals surface area contributed by atoms with Gasteiger partial charge in [0.15, 0.2) is 0 Å². The minimum atomic E-state index is -0.202. The van der Waals surface area contributed by atoms with E-state index in [1.165, 1.54) is 10.4 Å². The summed E-state index contributed by atoms with van der Waals surface area (Å²) in [6.45, 7) is 3.54. The Morgan fingerprint density at radius 3 is 3.00 bits per heavy atom. The number of hydrogen-bond donors (Lipinski definition) is 3. The number of piperidine rings is 1. The van der Waals surface area contributed by atoms with Crippen LogP contribution in [-0.4, -0.2) is 42.9 Å². The van der Waals surface area contributed by atoms with Gasteiger partial charge in [-0.25, -0.2) is 0 Å². The van der Waals surface area contributed by atoms with Crippen LogP contribution >= 0.6 is 23.7 Å². The van der Waals surface area contributed by atoms with E-state index in [-0.39, 0.29) is 23.9 Å². The number of amides is 1. The number of carbonyl (C=O) groups is 1. The SMILES string of the molecule is COCc1cc(CNC(=O)c2cc3c(s2)CCOC32CCNCC2)[nH]n1.Cl. The van der Waals surface area contributed by atoms with Crippen LogP contribution in [0.25, 0.3) is 0 Å². The summed E-state index contributed by atoms with van der Waals surface area (Å²) < 4.78 is 11.2. The second kappa shape index (κ2) is 8.70. The molecule has 1 fully saturated rings. The molecule has 7 nitrogen and oxygen atoms in total. The number of H-pyrrole nitrogens is 1. The van der Waals surface area contributed by atoms with Gasteiger partial charge in [-0.1, -0.05) is 0 Å². The van der Waals surface area contributed by atoms with Crippen molar-refractivity contribution in [1.82, 2.24) is 20.8 Å². The molecule has 27 heavy (non-hydrogen) atoms. The van der Waals surface area contributed by atoms with Crippen LogP contribution in [0.2, 0.25) is 0 Å². The molecule has 0 radical (unpaired) electrons. The first-order valence-corrected chi connectivity index (χ1v) is 9.80. The number of nitrogens with one attached hydrogen (secondary N) is 3. The molecule has 0 atom stereocenters. The predicted octanol–water partition coefficient (Wildman–Crippen LogP) is 2.12. The second-order valence-corrected chi connectivity index (χ2v) is 7.93. The normalized spacial score (nSPS) is 18.0. The highest BCUT2D eigenvalue weighted by Crippen LogP contribution is 2.43. The van der Waals surface area contributed by atoms with E-state index in [1.807, 2.05) is 12.1 Å². The maximum Gasteiger partial charge on any atom is 0.261 e. The lowest BCUT2D eigenvalue weighted by molar-refractivity contribution is -0.0792. The van der Waals surface area contributed by atoms with E-state index in [4.69, 9.17) is 9.47 Å². The number of nitrogens with zero attached hydrogens (tertiary/aromatic N) is 1. The van der Waals surface area contributed by atoms with Gasteiger partial charge in [0.2, 0.25) is 0 Å². The highest BCUT2D eigenvalue weighted by atomic mass is 35.5. The number of ether oxygens (including phenoxy) is 2. The van der Waals surface area contributed by atoms with Gasteiger partial charge in [-0.15, -0.1) is 23.7 Å². The third-order valence-corrected chi connectivity index (χ3v) is 6.25. The Balaban J connectivity index is 0.00000210. The molecule has 4 heterocycles. The molecule has 148 valence electrons. The number of thiophene rings is 1. The van der Waals surface area contributed by atoms with Crippen molar-refractivity contribution in [3.8, 4) is 0 Å². The van der Waals surface area contributed by atoms with Gasteiger partial charge in [0.25, 0.3) is 5.91 Å². The Morgan fingerprint density at radius 2 is 2.22 bits per heavy atom. The molecule has 3 N–H and O–H groups in total. The fourth-order valence-electron chi connectivity index (χ4n) is 3.76. The second-order valence-electron chi connectivity index (χ2n) is 6.79. The molecule has 4 rings (SSSR count). The van der Waals surface area contributed by atoms with E-state index in [1.54, 1.807) is 18.4 Å². The van der Waals surface area contributed by atoms with Crippen LogP contribution in [0.1, 0.15) is 44.3 Å². The van der Waals surface area contributed by atoms with Gasteiger partial charge < -0.3 is 20.1 Å². The summed E-state index contributed by atoms with van der Waals surface area (Å²) in [7, 11) is 1.63. The summed E-state index contributed by atoms with van der Waals surface area (Å²) in [6.07, 6.45) is 2.83. The van der Waals surface area contributed by atoms with E-state index < -0.39 is 0 Å². The van der Waals surface area contributed by atoms with Crippen LogP contribution in [0.5, 0.6) is 0 Å². The van der Waals surface area contributed by atoms with Gasteiger partial charge in [0.05, 0.1) is 41.6 Å². The zero-order valence-corrected chi connectivity index (χ0v) is 16.9. The number of aromatic amines is 1. The summed E-state index contributed by atoms with van der Waals surface area (Å²) in [5.74, 6) is -0.0450. The van der Waals surface area contributed by atoms with Crippen molar-refractivity contribution < 1.29 is 14.3 Å². The molecule has 0 saturated carbocycles. The van der Waals surface area contributed by atoms with Crippen molar-refractivity contribution >= 4 is 29.7 Å². The number of methoxy groups -OCH3 is 1. The first kappa shape index (κ1) is 20.3. The molecular weight excluding hydrogens is 388 g/mol. The van der Waals surface area contributed by atoms with Crippen molar-refractivity contribution in [3.63, 3.8) is 0 Å².